The lowest BCUT2D eigenvalue weighted by Gasteiger charge is -2.08. The quantitative estimate of drug-likeness (QED) is 0.761. The highest BCUT2D eigenvalue weighted by atomic mass is 79.9. The molecule has 0 unspecified atom stereocenters. The molecule has 0 aromatic heterocycles. The number of amidine groups is 1. The maximum Gasteiger partial charge on any atom is 0.180 e. The second-order valence-electron chi connectivity index (χ2n) is 4.39. The molecule has 2 N–H and O–H groups in total. The Morgan fingerprint density at radius 3 is 2.65 bits per heavy atom. The fraction of sp³-hybridized carbons (Fsp3) is 0.429. The summed E-state index contributed by atoms with van der Waals surface area (Å²) in [5.74, 6) is 0.875. The first-order chi connectivity index (χ1) is 9.34. The Bertz CT molecular complexity index is 451. The van der Waals surface area contributed by atoms with Crippen LogP contribution in [-0.4, -0.2) is 23.2 Å². The molecule has 1 aromatic carbocycles. The van der Waals surface area contributed by atoms with E-state index in [1.165, 1.54) is 5.56 Å². The van der Waals surface area contributed by atoms with Crippen LogP contribution in [0.1, 0.15) is 24.8 Å². The maximum absolute atomic E-state index is 5.63. The molecule has 0 radical (unpaired) electrons. The molecule has 0 fully saturated rings. The fourth-order valence-electron chi connectivity index (χ4n) is 1.75. The van der Waals surface area contributed by atoms with Gasteiger partial charge in [0.05, 0.1) is 12.3 Å². The van der Waals surface area contributed by atoms with Gasteiger partial charge in [-0.3, -0.25) is 0 Å². The van der Waals surface area contributed by atoms with Crippen LogP contribution in [0.15, 0.2) is 40.5 Å². The first kappa shape index (κ1) is 17.2. The number of hydrogen-bond donors (Lipinski definition) is 1. The summed E-state index contributed by atoms with van der Waals surface area (Å²) < 4.78 is 5.63. The lowest BCUT2D eigenvalue weighted by Crippen LogP contribution is -2.15. The van der Waals surface area contributed by atoms with Gasteiger partial charge in [-0.15, -0.1) is 22.1 Å². The summed E-state index contributed by atoms with van der Waals surface area (Å²) in [6.45, 7) is 1.49. The lowest BCUT2D eigenvalue weighted by molar-refractivity contribution is 0.117. The number of nitrogens with two attached hydrogens (primary N) is 1. The summed E-state index contributed by atoms with van der Waals surface area (Å²) in [4.78, 5) is 0. The van der Waals surface area contributed by atoms with E-state index >= 15 is 0 Å². The van der Waals surface area contributed by atoms with Crippen LogP contribution in [0.3, 0.4) is 0 Å². The number of nitrogens with zero attached hydrogens (tertiary/aromatic N) is 2. The average Bonchev–Trinajstić information content (AvgIpc) is 2.46. The Balaban J connectivity index is 0.00000200. The van der Waals surface area contributed by atoms with Crippen LogP contribution in [-0.2, 0) is 11.3 Å². The van der Waals surface area contributed by atoms with Crippen molar-refractivity contribution in [3.05, 3.63) is 35.9 Å². The number of thioether (sulfide) groups is 1. The number of unbranched alkanes of at least 4 members (excludes halogenated alkanes) is 1. The predicted molar refractivity (Wildman–Crippen MR) is 91.8 cm³/mol. The Morgan fingerprint density at radius 1 is 1.15 bits per heavy atom. The third-order valence-corrected chi connectivity index (χ3v) is 3.65. The van der Waals surface area contributed by atoms with Gasteiger partial charge in [-0.05, 0) is 24.8 Å². The molecule has 2 rings (SSSR count). The fourth-order valence-corrected chi connectivity index (χ4v) is 2.37. The average molecular weight is 358 g/mol. The number of rotatable bonds is 7. The van der Waals surface area contributed by atoms with Crippen molar-refractivity contribution in [2.24, 2.45) is 15.9 Å². The van der Waals surface area contributed by atoms with Gasteiger partial charge in [-0.2, -0.15) is 5.10 Å². The van der Waals surface area contributed by atoms with Crippen LogP contribution < -0.4 is 5.73 Å². The van der Waals surface area contributed by atoms with Gasteiger partial charge in [0.15, 0.2) is 5.17 Å². The van der Waals surface area contributed by atoms with Gasteiger partial charge < -0.3 is 10.5 Å². The van der Waals surface area contributed by atoms with E-state index in [2.05, 4.69) is 22.3 Å². The van der Waals surface area contributed by atoms with Crippen LogP contribution in [0.2, 0.25) is 0 Å². The Kier molecular flexibility index (Phi) is 8.57. The van der Waals surface area contributed by atoms with E-state index in [4.69, 9.17) is 10.5 Å². The van der Waals surface area contributed by atoms with Crippen molar-refractivity contribution < 1.29 is 4.74 Å². The van der Waals surface area contributed by atoms with Crippen molar-refractivity contribution in [2.45, 2.75) is 25.9 Å². The molecule has 20 heavy (non-hydrogen) atoms. The Hall–Kier alpha value is -0.850. The first-order valence-electron chi connectivity index (χ1n) is 6.48. The molecule has 1 aliphatic rings. The van der Waals surface area contributed by atoms with Crippen LogP contribution in [0.25, 0.3) is 0 Å². The molecule has 6 heteroatoms. The van der Waals surface area contributed by atoms with Crippen LogP contribution in [0, 0.1) is 0 Å². The topological polar surface area (TPSA) is 60.0 Å². The van der Waals surface area contributed by atoms with Crippen molar-refractivity contribution in [3.63, 3.8) is 0 Å². The van der Waals surface area contributed by atoms with Crippen molar-refractivity contribution in [1.29, 1.82) is 0 Å². The molecule has 110 valence electrons. The monoisotopic (exact) mass is 357 g/mol. The number of ether oxygens (including phenoxy) is 1. The van der Waals surface area contributed by atoms with Crippen molar-refractivity contribution >= 4 is 39.6 Å². The zero-order valence-corrected chi connectivity index (χ0v) is 13.9. The SMILES string of the molecule is Br.NC1=NN=C(CCCCOCc2ccccc2)CS1. The minimum atomic E-state index is 0. The van der Waals surface area contributed by atoms with Gasteiger partial charge in [-0.1, -0.05) is 42.1 Å². The Morgan fingerprint density at radius 2 is 1.95 bits per heavy atom. The van der Waals surface area contributed by atoms with Crippen molar-refractivity contribution in [1.82, 2.24) is 0 Å². The van der Waals surface area contributed by atoms with E-state index in [1.807, 2.05) is 18.2 Å². The van der Waals surface area contributed by atoms with Crippen molar-refractivity contribution in [3.8, 4) is 0 Å². The molecule has 0 saturated carbocycles. The number of benzene rings is 1. The molecule has 1 heterocycles. The van der Waals surface area contributed by atoms with Crippen LogP contribution in [0.5, 0.6) is 0 Å². The largest absolute Gasteiger partial charge is 0.377 e. The minimum Gasteiger partial charge on any atom is -0.377 e. The minimum absolute atomic E-state index is 0. The maximum atomic E-state index is 5.63. The summed E-state index contributed by atoms with van der Waals surface area (Å²) in [6, 6.07) is 10.2. The molecule has 1 aliphatic heterocycles. The summed E-state index contributed by atoms with van der Waals surface area (Å²) in [6.07, 6.45) is 3.12. The molecule has 0 atom stereocenters. The predicted octanol–water partition coefficient (Wildman–Crippen LogP) is 3.37. The molecule has 4 nitrogen and oxygen atoms in total. The molecule has 1 aromatic rings. The zero-order valence-electron chi connectivity index (χ0n) is 11.3. The standard InChI is InChI=1S/C14H19N3OS.BrH/c15-14-17-16-13(11-19-14)8-4-5-9-18-10-12-6-2-1-3-7-12;/h1-3,6-7H,4-5,8-11H2,(H2,15,17);1H. The van der Waals surface area contributed by atoms with E-state index in [0.717, 1.165) is 37.3 Å². The summed E-state index contributed by atoms with van der Waals surface area (Å²) >= 11 is 1.56. The summed E-state index contributed by atoms with van der Waals surface area (Å²) in [7, 11) is 0. The van der Waals surface area contributed by atoms with Gasteiger partial charge >= 0.3 is 0 Å². The second kappa shape index (κ2) is 9.96. The van der Waals surface area contributed by atoms with E-state index in [-0.39, 0.29) is 17.0 Å². The molecular weight excluding hydrogens is 338 g/mol. The number of halogens is 1. The van der Waals surface area contributed by atoms with Crippen molar-refractivity contribution in [2.75, 3.05) is 12.4 Å². The highest BCUT2D eigenvalue weighted by Gasteiger charge is 2.07. The number of hydrogen-bond acceptors (Lipinski definition) is 5. The molecule has 0 saturated heterocycles. The normalized spacial score (nSPS) is 14.2. The second-order valence-corrected chi connectivity index (χ2v) is 5.38. The summed E-state index contributed by atoms with van der Waals surface area (Å²) in [5.41, 5.74) is 7.88. The Labute approximate surface area is 134 Å². The third kappa shape index (κ3) is 6.54. The molecule has 0 bridgehead atoms. The smallest absolute Gasteiger partial charge is 0.180 e. The van der Waals surface area contributed by atoms with E-state index in [1.54, 1.807) is 11.8 Å². The third-order valence-electron chi connectivity index (χ3n) is 2.79. The van der Waals surface area contributed by atoms with Gasteiger partial charge in [0.1, 0.15) is 0 Å². The van der Waals surface area contributed by atoms with E-state index in [0.29, 0.717) is 11.8 Å². The van der Waals surface area contributed by atoms with E-state index in [9.17, 15) is 0 Å². The molecule has 0 amide bonds. The van der Waals surface area contributed by atoms with Gasteiger partial charge in [-0.25, -0.2) is 0 Å². The van der Waals surface area contributed by atoms with Crippen LogP contribution >= 0.6 is 28.7 Å². The first-order valence-corrected chi connectivity index (χ1v) is 7.46. The van der Waals surface area contributed by atoms with E-state index < -0.39 is 0 Å². The summed E-state index contributed by atoms with van der Waals surface area (Å²) in [5, 5.41) is 8.54. The van der Waals surface area contributed by atoms with Crippen LogP contribution in [0.4, 0.5) is 0 Å². The zero-order chi connectivity index (χ0) is 13.3. The van der Waals surface area contributed by atoms with Gasteiger partial charge in [0.25, 0.3) is 0 Å². The highest BCUT2D eigenvalue weighted by Crippen LogP contribution is 2.11. The highest BCUT2D eigenvalue weighted by molar-refractivity contribution is 8.93. The van der Waals surface area contributed by atoms with Gasteiger partial charge in [0, 0.05) is 12.4 Å². The molecule has 0 spiro atoms. The lowest BCUT2D eigenvalue weighted by atomic mass is 10.2. The molecule has 0 aliphatic carbocycles. The molecular formula is C14H20BrN3OS. The van der Waals surface area contributed by atoms with Gasteiger partial charge in [0.2, 0.25) is 0 Å².